The number of benzene rings is 1. The van der Waals surface area contributed by atoms with Gasteiger partial charge in [-0.2, -0.15) is 0 Å². The Labute approximate surface area is 138 Å². The highest BCUT2D eigenvalue weighted by atomic mass is 35.5. The molecule has 0 radical (unpaired) electrons. The Balaban J connectivity index is 1.78. The predicted molar refractivity (Wildman–Crippen MR) is 89.4 cm³/mol. The van der Waals surface area contributed by atoms with Gasteiger partial charge in [0.05, 0.1) is 15.6 Å². The normalized spacial score (nSPS) is 18.5. The minimum atomic E-state index is -3.43. The van der Waals surface area contributed by atoms with Crippen LogP contribution in [0.15, 0.2) is 34.7 Å². The highest BCUT2D eigenvalue weighted by Crippen LogP contribution is 2.28. The second kappa shape index (κ2) is 6.54. The minimum absolute atomic E-state index is 0.0969. The fourth-order valence-electron chi connectivity index (χ4n) is 2.37. The topological polar surface area (TPSA) is 71.1 Å². The summed E-state index contributed by atoms with van der Waals surface area (Å²) in [6.45, 7) is 1.87. The molecule has 2 N–H and O–H groups in total. The summed E-state index contributed by atoms with van der Waals surface area (Å²) in [5, 5.41) is 9.37. The van der Waals surface area contributed by atoms with Gasteiger partial charge >= 0.3 is 0 Å². The average molecular weight is 358 g/mol. The smallest absolute Gasteiger partial charge is 0.184 e. The zero-order chi connectivity index (χ0) is 15.6. The van der Waals surface area contributed by atoms with E-state index in [-0.39, 0.29) is 10.6 Å². The summed E-state index contributed by atoms with van der Waals surface area (Å²) in [6, 6.07) is 5.17. The number of rotatable bonds is 5. The molecule has 2 aromatic rings. The Morgan fingerprint density at radius 3 is 2.95 bits per heavy atom. The fraction of sp³-hybridized carbons (Fsp3) is 0.357. The number of anilines is 1. The summed E-state index contributed by atoms with van der Waals surface area (Å²) in [5.41, 5.74) is 0.767. The molecule has 2 heterocycles. The minimum Gasteiger partial charge on any atom is -0.380 e. The standard InChI is InChI=1S/C14H16ClN3O2S2/c15-12-7-11(22(19,20)9-14-17-5-6-21-14)1-2-13(12)18-10-3-4-16-8-10/h1-2,5-7,10,16,18H,3-4,8-9H2/t10-/m1/s1. The van der Waals surface area contributed by atoms with Crippen molar-refractivity contribution in [2.24, 2.45) is 0 Å². The van der Waals surface area contributed by atoms with Gasteiger partial charge in [-0.15, -0.1) is 11.3 Å². The zero-order valence-electron chi connectivity index (χ0n) is 11.8. The first-order valence-electron chi connectivity index (χ1n) is 6.92. The number of nitrogens with one attached hydrogen (secondary N) is 2. The van der Waals surface area contributed by atoms with E-state index >= 15 is 0 Å². The molecule has 118 valence electrons. The van der Waals surface area contributed by atoms with Gasteiger partial charge in [0.25, 0.3) is 0 Å². The first-order chi connectivity index (χ1) is 10.5. The fourth-order valence-corrected chi connectivity index (χ4v) is 4.95. The highest BCUT2D eigenvalue weighted by molar-refractivity contribution is 7.90. The number of sulfone groups is 1. The summed E-state index contributed by atoms with van der Waals surface area (Å²) in [4.78, 5) is 4.25. The van der Waals surface area contributed by atoms with Crippen molar-refractivity contribution in [1.82, 2.24) is 10.3 Å². The van der Waals surface area contributed by atoms with Crippen molar-refractivity contribution in [2.45, 2.75) is 23.1 Å². The molecule has 3 rings (SSSR count). The molecule has 1 aliphatic rings. The SMILES string of the molecule is O=S(=O)(Cc1nccs1)c1ccc(N[C@@H]2CCNC2)c(Cl)c1. The molecule has 0 saturated carbocycles. The maximum atomic E-state index is 12.4. The molecular formula is C14H16ClN3O2S2. The largest absolute Gasteiger partial charge is 0.380 e. The van der Waals surface area contributed by atoms with Crippen LogP contribution in [0, 0.1) is 0 Å². The van der Waals surface area contributed by atoms with E-state index in [0.29, 0.717) is 16.1 Å². The van der Waals surface area contributed by atoms with Gasteiger partial charge in [0, 0.05) is 24.2 Å². The summed E-state index contributed by atoms with van der Waals surface area (Å²) >= 11 is 7.57. The van der Waals surface area contributed by atoms with E-state index in [1.807, 2.05) is 0 Å². The quantitative estimate of drug-likeness (QED) is 0.860. The van der Waals surface area contributed by atoms with Crippen molar-refractivity contribution in [2.75, 3.05) is 18.4 Å². The van der Waals surface area contributed by atoms with Crippen molar-refractivity contribution >= 4 is 38.5 Å². The van der Waals surface area contributed by atoms with Crippen LogP contribution in [0.3, 0.4) is 0 Å². The number of halogens is 1. The number of aromatic nitrogens is 1. The van der Waals surface area contributed by atoms with Crippen LogP contribution in [-0.4, -0.2) is 32.5 Å². The molecule has 1 aromatic heterocycles. The third kappa shape index (κ3) is 3.60. The Kier molecular flexibility index (Phi) is 4.67. The molecule has 1 fully saturated rings. The lowest BCUT2D eigenvalue weighted by molar-refractivity contribution is 0.595. The van der Waals surface area contributed by atoms with E-state index in [4.69, 9.17) is 11.6 Å². The molecule has 22 heavy (non-hydrogen) atoms. The van der Waals surface area contributed by atoms with Crippen molar-refractivity contribution in [3.05, 3.63) is 39.8 Å². The van der Waals surface area contributed by atoms with Gasteiger partial charge in [-0.1, -0.05) is 11.6 Å². The van der Waals surface area contributed by atoms with Crippen LogP contribution in [0.25, 0.3) is 0 Å². The lowest BCUT2D eigenvalue weighted by Gasteiger charge is -2.15. The summed E-state index contributed by atoms with van der Waals surface area (Å²) in [5.74, 6) is -0.0969. The third-order valence-electron chi connectivity index (χ3n) is 3.52. The first kappa shape index (κ1) is 15.7. The monoisotopic (exact) mass is 357 g/mol. The van der Waals surface area contributed by atoms with Crippen molar-refractivity contribution in [1.29, 1.82) is 0 Å². The van der Waals surface area contributed by atoms with Crippen LogP contribution in [0.1, 0.15) is 11.4 Å². The van der Waals surface area contributed by atoms with E-state index in [1.165, 1.54) is 17.4 Å². The van der Waals surface area contributed by atoms with Crippen LogP contribution in [0.4, 0.5) is 5.69 Å². The van der Waals surface area contributed by atoms with Crippen LogP contribution in [-0.2, 0) is 15.6 Å². The second-order valence-electron chi connectivity index (χ2n) is 5.16. The van der Waals surface area contributed by atoms with Crippen molar-refractivity contribution in [3.63, 3.8) is 0 Å². The number of thiazole rings is 1. The molecule has 0 unspecified atom stereocenters. The van der Waals surface area contributed by atoms with E-state index in [0.717, 1.165) is 25.2 Å². The van der Waals surface area contributed by atoms with Gasteiger partial charge in [-0.25, -0.2) is 13.4 Å². The number of hydrogen-bond donors (Lipinski definition) is 2. The van der Waals surface area contributed by atoms with Gasteiger partial charge in [-0.05, 0) is 31.2 Å². The van der Waals surface area contributed by atoms with E-state index < -0.39 is 9.84 Å². The molecule has 5 nitrogen and oxygen atoms in total. The Morgan fingerprint density at radius 2 is 2.32 bits per heavy atom. The van der Waals surface area contributed by atoms with Gasteiger partial charge in [0.1, 0.15) is 10.8 Å². The maximum absolute atomic E-state index is 12.4. The van der Waals surface area contributed by atoms with Gasteiger partial charge in [0.15, 0.2) is 9.84 Å². The molecule has 1 atom stereocenters. The lowest BCUT2D eigenvalue weighted by Crippen LogP contribution is -2.22. The molecule has 8 heteroatoms. The molecule has 0 bridgehead atoms. The molecule has 0 spiro atoms. The summed E-state index contributed by atoms with van der Waals surface area (Å²) in [6.07, 6.45) is 2.63. The van der Waals surface area contributed by atoms with Crippen LogP contribution >= 0.6 is 22.9 Å². The van der Waals surface area contributed by atoms with Crippen LogP contribution < -0.4 is 10.6 Å². The van der Waals surface area contributed by atoms with Crippen LogP contribution in [0.2, 0.25) is 5.02 Å². The zero-order valence-corrected chi connectivity index (χ0v) is 14.1. The van der Waals surface area contributed by atoms with Crippen molar-refractivity contribution in [3.8, 4) is 0 Å². The Morgan fingerprint density at radius 1 is 1.45 bits per heavy atom. The van der Waals surface area contributed by atoms with Crippen molar-refractivity contribution < 1.29 is 8.42 Å². The number of nitrogens with zero attached hydrogens (tertiary/aromatic N) is 1. The molecule has 1 aliphatic heterocycles. The molecular weight excluding hydrogens is 342 g/mol. The molecule has 1 saturated heterocycles. The first-order valence-corrected chi connectivity index (χ1v) is 9.83. The van der Waals surface area contributed by atoms with Gasteiger partial charge in [0.2, 0.25) is 0 Å². The van der Waals surface area contributed by atoms with E-state index in [1.54, 1.807) is 23.7 Å². The number of hydrogen-bond acceptors (Lipinski definition) is 6. The summed E-state index contributed by atoms with van der Waals surface area (Å²) in [7, 11) is -3.43. The lowest BCUT2D eigenvalue weighted by atomic mass is 10.2. The van der Waals surface area contributed by atoms with Gasteiger partial charge < -0.3 is 10.6 Å². The van der Waals surface area contributed by atoms with Crippen LogP contribution in [0.5, 0.6) is 0 Å². The Bertz CT molecular complexity index is 741. The molecule has 0 aliphatic carbocycles. The third-order valence-corrected chi connectivity index (χ3v) is 6.42. The van der Waals surface area contributed by atoms with E-state index in [9.17, 15) is 8.42 Å². The Hall–Kier alpha value is -1.15. The summed E-state index contributed by atoms with van der Waals surface area (Å²) < 4.78 is 24.8. The van der Waals surface area contributed by atoms with E-state index in [2.05, 4.69) is 15.6 Å². The maximum Gasteiger partial charge on any atom is 0.184 e. The molecule has 1 aromatic carbocycles. The average Bonchev–Trinajstić information content (AvgIpc) is 3.14. The molecule has 0 amide bonds. The second-order valence-corrected chi connectivity index (χ2v) is 8.54. The highest BCUT2D eigenvalue weighted by Gasteiger charge is 2.20. The van der Waals surface area contributed by atoms with Gasteiger partial charge in [-0.3, -0.25) is 0 Å². The predicted octanol–water partition coefficient (Wildman–Crippen LogP) is 2.54.